The van der Waals surface area contributed by atoms with Crippen LogP contribution in [0.2, 0.25) is 0 Å². The molecule has 0 amide bonds. The molecule has 0 aromatic carbocycles. The van der Waals surface area contributed by atoms with E-state index in [1.165, 1.54) is 0 Å². The zero-order chi connectivity index (χ0) is 11.8. The molecule has 4 heteroatoms. The maximum Gasteiger partial charge on any atom is 0.101 e. The van der Waals surface area contributed by atoms with Gasteiger partial charge in [-0.15, -0.1) is 0 Å². The highest BCUT2D eigenvalue weighted by molar-refractivity contribution is 4.99. The summed E-state index contributed by atoms with van der Waals surface area (Å²) in [6.45, 7) is 7.21. The number of nitrogens with two attached hydrogens (primary N) is 2. The minimum absolute atomic E-state index is 0.611. The molecular formula is C10H20N4. The van der Waals surface area contributed by atoms with Crippen molar-refractivity contribution in [3.8, 4) is 12.1 Å². The predicted molar refractivity (Wildman–Crippen MR) is 57.0 cm³/mol. The van der Waals surface area contributed by atoms with Gasteiger partial charge in [0.05, 0.1) is 12.1 Å². The molecule has 0 heterocycles. The van der Waals surface area contributed by atoms with Crippen LogP contribution in [0.1, 0.15) is 40.5 Å². The molecule has 0 radical (unpaired) electrons. The Hall–Kier alpha value is -1.10. The molecule has 0 aromatic heterocycles. The Bertz CT molecular complexity index is 203. The topological polar surface area (TPSA) is 99.6 Å². The maximum absolute atomic E-state index is 8.22. The van der Waals surface area contributed by atoms with Gasteiger partial charge in [0.25, 0.3) is 0 Å². The van der Waals surface area contributed by atoms with Crippen LogP contribution < -0.4 is 11.5 Å². The van der Waals surface area contributed by atoms with E-state index in [-0.39, 0.29) is 0 Å². The molecule has 0 saturated carbocycles. The molecular weight excluding hydrogens is 176 g/mol. The van der Waals surface area contributed by atoms with Crippen LogP contribution in [0.25, 0.3) is 0 Å². The van der Waals surface area contributed by atoms with Crippen LogP contribution >= 0.6 is 0 Å². The Morgan fingerprint density at radius 2 is 1.14 bits per heavy atom. The summed E-state index contributed by atoms with van der Waals surface area (Å²) in [6.07, 6.45) is 1.42. The fourth-order valence-electron chi connectivity index (χ4n) is 0.158. The molecule has 2 unspecified atom stereocenters. The summed E-state index contributed by atoms with van der Waals surface area (Å²) in [5.41, 5.74) is 9.49. The normalized spacial score (nSPS) is 17.4. The third-order valence-corrected chi connectivity index (χ3v) is 1.98. The summed E-state index contributed by atoms with van der Waals surface area (Å²) >= 11 is 0. The molecule has 0 aliphatic carbocycles. The van der Waals surface area contributed by atoms with Gasteiger partial charge in [-0.1, -0.05) is 13.8 Å². The third-order valence-electron chi connectivity index (χ3n) is 1.98. The van der Waals surface area contributed by atoms with Crippen molar-refractivity contribution in [2.45, 2.75) is 51.6 Å². The third kappa shape index (κ3) is 8.99. The lowest BCUT2D eigenvalue weighted by Crippen LogP contribution is -2.32. The molecule has 0 rings (SSSR count). The van der Waals surface area contributed by atoms with Gasteiger partial charge in [0, 0.05) is 0 Å². The summed E-state index contributed by atoms with van der Waals surface area (Å²) in [5.74, 6) is 0. The molecule has 4 nitrogen and oxygen atoms in total. The highest BCUT2D eigenvalue weighted by Gasteiger charge is 2.12. The van der Waals surface area contributed by atoms with Gasteiger partial charge in [-0.2, -0.15) is 10.5 Å². The average molecular weight is 196 g/mol. The van der Waals surface area contributed by atoms with E-state index < -0.39 is 11.1 Å². The summed E-state index contributed by atoms with van der Waals surface area (Å²) in [4.78, 5) is 0. The summed E-state index contributed by atoms with van der Waals surface area (Å²) in [7, 11) is 0. The number of hydrogen-bond acceptors (Lipinski definition) is 4. The minimum atomic E-state index is -0.611. The van der Waals surface area contributed by atoms with E-state index in [0.717, 1.165) is 0 Å². The second-order valence-electron chi connectivity index (χ2n) is 3.77. The van der Waals surface area contributed by atoms with E-state index in [0.29, 0.717) is 12.8 Å². The van der Waals surface area contributed by atoms with Gasteiger partial charge < -0.3 is 11.5 Å². The van der Waals surface area contributed by atoms with Crippen molar-refractivity contribution in [1.82, 2.24) is 0 Å². The predicted octanol–water partition coefficient (Wildman–Crippen LogP) is 1.27. The van der Waals surface area contributed by atoms with E-state index in [1.807, 2.05) is 26.0 Å². The average Bonchev–Trinajstić information content (AvgIpc) is 2.19. The lowest BCUT2D eigenvalue weighted by molar-refractivity contribution is 0.578. The fourth-order valence-corrected chi connectivity index (χ4v) is 0.158. The highest BCUT2D eigenvalue weighted by atomic mass is 14.7. The van der Waals surface area contributed by atoms with Crippen LogP contribution in [0, 0.1) is 22.7 Å². The Labute approximate surface area is 86.5 Å². The zero-order valence-electron chi connectivity index (χ0n) is 9.46. The Morgan fingerprint density at radius 3 is 1.14 bits per heavy atom. The molecule has 0 aliphatic rings. The van der Waals surface area contributed by atoms with E-state index in [9.17, 15) is 0 Å². The van der Waals surface area contributed by atoms with Gasteiger partial charge in [-0.25, -0.2) is 0 Å². The highest BCUT2D eigenvalue weighted by Crippen LogP contribution is 2.00. The van der Waals surface area contributed by atoms with Gasteiger partial charge >= 0.3 is 0 Å². The van der Waals surface area contributed by atoms with E-state index in [1.54, 1.807) is 13.8 Å². The number of nitriles is 2. The Morgan fingerprint density at radius 1 is 0.929 bits per heavy atom. The molecule has 14 heavy (non-hydrogen) atoms. The quantitative estimate of drug-likeness (QED) is 0.694. The Balaban J connectivity index is 0. The van der Waals surface area contributed by atoms with Crippen molar-refractivity contribution >= 4 is 0 Å². The molecule has 4 N–H and O–H groups in total. The van der Waals surface area contributed by atoms with Crippen LogP contribution in [0.15, 0.2) is 0 Å². The first-order chi connectivity index (χ1) is 6.24. The fraction of sp³-hybridized carbons (Fsp3) is 0.800. The van der Waals surface area contributed by atoms with Crippen molar-refractivity contribution < 1.29 is 0 Å². The molecule has 80 valence electrons. The largest absolute Gasteiger partial charge is 0.314 e. The number of nitrogens with zero attached hydrogens (tertiary/aromatic N) is 2. The van der Waals surface area contributed by atoms with Gasteiger partial charge in [0.1, 0.15) is 11.1 Å². The van der Waals surface area contributed by atoms with Crippen LogP contribution in [0.5, 0.6) is 0 Å². The van der Waals surface area contributed by atoms with Gasteiger partial charge in [-0.05, 0) is 26.7 Å². The smallest absolute Gasteiger partial charge is 0.101 e. The van der Waals surface area contributed by atoms with Crippen LogP contribution in [0.4, 0.5) is 0 Å². The lowest BCUT2D eigenvalue weighted by Gasteiger charge is -2.09. The first-order valence-electron chi connectivity index (χ1n) is 4.65. The zero-order valence-corrected chi connectivity index (χ0v) is 9.46. The molecule has 0 aliphatic heterocycles. The molecule has 0 spiro atoms. The van der Waals surface area contributed by atoms with Crippen molar-refractivity contribution in [2.75, 3.05) is 0 Å². The van der Waals surface area contributed by atoms with Gasteiger partial charge in [0.2, 0.25) is 0 Å². The van der Waals surface area contributed by atoms with Crippen LogP contribution in [-0.4, -0.2) is 11.1 Å². The lowest BCUT2D eigenvalue weighted by atomic mass is 10.0. The molecule has 0 saturated heterocycles. The number of hydrogen-bond donors (Lipinski definition) is 2. The monoisotopic (exact) mass is 196 g/mol. The van der Waals surface area contributed by atoms with E-state index in [2.05, 4.69) is 0 Å². The maximum atomic E-state index is 8.22. The van der Waals surface area contributed by atoms with Crippen molar-refractivity contribution in [3.05, 3.63) is 0 Å². The van der Waals surface area contributed by atoms with Gasteiger partial charge in [-0.3, -0.25) is 0 Å². The minimum Gasteiger partial charge on any atom is -0.314 e. The second kappa shape index (κ2) is 6.37. The molecule has 0 bridgehead atoms. The molecule has 0 fully saturated rings. The Kier molecular flexibility index (Phi) is 6.99. The summed E-state index contributed by atoms with van der Waals surface area (Å²) < 4.78 is 0. The first kappa shape index (κ1) is 15.4. The van der Waals surface area contributed by atoms with Crippen molar-refractivity contribution in [2.24, 2.45) is 11.5 Å². The molecule has 0 aromatic rings. The second-order valence-corrected chi connectivity index (χ2v) is 3.77. The van der Waals surface area contributed by atoms with E-state index >= 15 is 0 Å². The summed E-state index contributed by atoms with van der Waals surface area (Å²) in [5, 5.41) is 16.4. The first-order valence-corrected chi connectivity index (χ1v) is 4.65. The standard InChI is InChI=1S/2C5H10N2/c2*1-3-5(2,7)4-6/h2*3,7H2,1-2H3. The van der Waals surface area contributed by atoms with E-state index in [4.69, 9.17) is 22.0 Å². The SMILES string of the molecule is CCC(C)(N)C#N.CCC(C)(N)C#N. The molecule has 2 atom stereocenters. The van der Waals surface area contributed by atoms with Crippen molar-refractivity contribution in [3.63, 3.8) is 0 Å². The number of rotatable bonds is 2. The van der Waals surface area contributed by atoms with Gasteiger partial charge in [0.15, 0.2) is 0 Å². The van der Waals surface area contributed by atoms with Crippen LogP contribution in [0.3, 0.4) is 0 Å². The summed E-state index contributed by atoms with van der Waals surface area (Å²) in [6, 6.07) is 3.94. The van der Waals surface area contributed by atoms with Crippen molar-refractivity contribution in [1.29, 1.82) is 10.5 Å². The van der Waals surface area contributed by atoms with Crippen LogP contribution in [-0.2, 0) is 0 Å².